The van der Waals surface area contributed by atoms with Gasteiger partial charge in [0.1, 0.15) is 0 Å². The van der Waals surface area contributed by atoms with Gasteiger partial charge < -0.3 is 10.2 Å². The molecule has 2 aliphatic heterocycles. The molecule has 1 fully saturated rings. The van der Waals surface area contributed by atoms with Crippen molar-refractivity contribution in [2.75, 3.05) is 6.54 Å². The average Bonchev–Trinajstić information content (AvgIpc) is 3.14. The first kappa shape index (κ1) is 20.1. The predicted molar refractivity (Wildman–Crippen MR) is 117 cm³/mol. The number of fused-ring (bicyclic) bond motifs is 1. The molecule has 2 aliphatic rings. The van der Waals surface area contributed by atoms with Crippen molar-refractivity contribution in [2.45, 2.75) is 78.4 Å². The number of carbonyl (C=O) groups excluding carboxylic acids is 1. The summed E-state index contributed by atoms with van der Waals surface area (Å²) in [6.45, 7) is 13.2. The largest absolute Gasteiger partial charge is 0.334 e. The Balaban J connectivity index is 1.70. The normalized spacial score (nSPS) is 19.6. The van der Waals surface area contributed by atoms with Crippen molar-refractivity contribution < 1.29 is 4.79 Å². The maximum Gasteiger partial charge on any atom is 0.227 e. The van der Waals surface area contributed by atoms with Crippen LogP contribution in [0.1, 0.15) is 78.9 Å². The molecule has 4 heteroatoms. The Labute approximate surface area is 174 Å². The molecule has 1 amide bonds. The average molecular weight is 392 g/mol. The number of carbonyl (C=O) groups is 1. The monoisotopic (exact) mass is 391 g/mol. The molecule has 4 rings (SSSR count). The van der Waals surface area contributed by atoms with Crippen molar-refractivity contribution in [1.29, 1.82) is 0 Å². The van der Waals surface area contributed by atoms with Gasteiger partial charge in [-0.05, 0) is 78.6 Å². The van der Waals surface area contributed by atoms with Crippen molar-refractivity contribution in [3.63, 3.8) is 0 Å². The summed E-state index contributed by atoms with van der Waals surface area (Å²) >= 11 is 0. The molecule has 0 radical (unpaired) electrons. The van der Waals surface area contributed by atoms with Crippen LogP contribution in [0.5, 0.6) is 0 Å². The van der Waals surface area contributed by atoms with Gasteiger partial charge in [0.05, 0.1) is 6.42 Å². The molecule has 0 saturated carbocycles. The molecule has 2 aromatic rings. The van der Waals surface area contributed by atoms with E-state index in [1.807, 2.05) is 18.7 Å². The third-order valence-corrected chi connectivity index (χ3v) is 6.24. The van der Waals surface area contributed by atoms with E-state index in [1.54, 1.807) is 0 Å². The lowest BCUT2D eigenvalue weighted by Crippen LogP contribution is -2.37. The fourth-order valence-corrected chi connectivity index (χ4v) is 4.73. The van der Waals surface area contributed by atoms with Gasteiger partial charge in [-0.3, -0.25) is 9.78 Å². The number of rotatable bonds is 3. The lowest BCUT2D eigenvalue weighted by atomic mass is 9.80. The lowest BCUT2D eigenvalue weighted by Gasteiger charge is -2.34. The number of pyridine rings is 1. The molecule has 4 nitrogen and oxygen atoms in total. The van der Waals surface area contributed by atoms with E-state index in [-0.39, 0.29) is 11.3 Å². The maximum atomic E-state index is 13.0. The van der Waals surface area contributed by atoms with E-state index < -0.39 is 0 Å². The number of nitrogens with one attached hydrogen (secondary N) is 1. The van der Waals surface area contributed by atoms with Crippen molar-refractivity contribution >= 4 is 5.91 Å². The molecule has 0 unspecified atom stereocenters. The van der Waals surface area contributed by atoms with Crippen LogP contribution in [0.25, 0.3) is 0 Å². The summed E-state index contributed by atoms with van der Waals surface area (Å²) in [6.07, 6.45) is 2.90. The van der Waals surface area contributed by atoms with Crippen LogP contribution >= 0.6 is 0 Å². The second kappa shape index (κ2) is 7.56. The molecule has 0 bridgehead atoms. The number of benzene rings is 1. The zero-order valence-corrected chi connectivity index (χ0v) is 18.4. The Morgan fingerprint density at radius 3 is 2.48 bits per heavy atom. The Morgan fingerprint density at radius 1 is 1.14 bits per heavy atom. The summed E-state index contributed by atoms with van der Waals surface area (Å²) in [5.41, 5.74) is 8.59. The molecule has 154 valence electrons. The van der Waals surface area contributed by atoms with Crippen LogP contribution in [0.2, 0.25) is 0 Å². The number of aromatic nitrogens is 1. The number of hydrogen-bond donors (Lipinski definition) is 1. The Morgan fingerprint density at radius 2 is 1.86 bits per heavy atom. The first-order valence-electron chi connectivity index (χ1n) is 10.8. The topological polar surface area (TPSA) is 45.2 Å². The van der Waals surface area contributed by atoms with Gasteiger partial charge in [0, 0.05) is 30.5 Å². The second-order valence-electron chi connectivity index (χ2n) is 9.79. The Kier molecular flexibility index (Phi) is 5.24. The van der Waals surface area contributed by atoms with Crippen LogP contribution < -0.4 is 5.32 Å². The van der Waals surface area contributed by atoms with Crippen LogP contribution in [0, 0.1) is 13.8 Å². The summed E-state index contributed by atoms with van der Waals surface area (Å²) < 4.78 is 0. The predicted octanol–water partition coefficient (Wildman–Crippen LogP) is 4.51. The summed E-state index contributed by atoms with van der Waals surface area (Å²) in [4.78, 5) is 19.5. The van der Waals surface area contributed by atoms with Crippen LogP contribution in [-0.2, 0) is 29.7 Å². The van der Waals surface area contributed by atoms with Crippen molar-refractivity contribution in [2.24, 2.45) is 0 Å². The first-order valence-corrected chi connectivity index (χ1v) is 10.8. The van der Waals surface area contributed by atoms with E-state index in [0.717, 1.165) is 17.9 Å². The first-order chi connectivity index (χ1) is 13.7. The molecule has 1 aromatic heterocycles. The van der Waals surface area contributed by atoms with Gasteiger partial charge in [-0.2, -0.15) is 0 Å². The molecule has 3 heterocycles. The van der Waals surface area contributed by atoms with Gasteiger partial charge in [-0.15, -0.1) is 0 Å². The number of amides is 1. The van der Waals surface area contributed by atoms with Gasteiger partial charge in [0.2, 0.25) is 5.91 Å². The molecule has 29 heavy (non-hydrogen) atoms. The van der Waals surface area contributed by atoms with Crippen molar-refractivity contribution in [3.05, 3.63) is 63.5 Å². The molecule has 1 aromatic carbocycles. The van der Waals surface area contributed by atoms with E-state index in [4.69, 9.17) is 0 Å². The fourth-order valence-electron chi connectivity index (χ4n) is 4.73. The zero-order valence-electron chi connectivity index (χ0n) is 18.4. The Bertz CT molecular complexity index is 916. The van der Waals surface area contributed by atoms with Crippen LogP contribution in [-0.4, -0.2) is 22.3 Å². The highest BCUT2D eigenvalue weighted by molar-refractivity contribution is 5.81. The van der Waals surface area contributed by atoms with E-state index in [1.165, 1.54) is 40.7 Å². The van der Waals surface area contributed by atoms with E-state index in [2.05, 4.69) is 55.3 Å². The molecule has 0 aliphatic carbocycles. The molecule has 0 spiro atoms. The minimum absolute atomic E-state index is 0.0780. The van der Waals surface area contributed by atoms with Gasteiger partial charge in [-0.25, -0.2) is 0 Å². The highest BCUT2D eigenvalue weighted by Gasteiger charge is 2.30. The van der Waals surface area contributed by atoms with Crippen LogP contribution in [0.4, 0.5) is 0 Å². The third kappa shape index (κ3) is 4.23. The van der Waals surface area contributed by atoms with Gasteiger partial charge in [0.15, 0.2) is 0 Å². The minimum Gasteiger partial charge on any atom is -0.334 e. The van der Waals surface area contributed by atoms with Crippen LogP contribution in [0.3, 0.4) is 0 Å². The number of aryl methyl sites for hydroxylation is 2. The summed E-state index contributed by atoms with van der Waals surface area (Å²) in [5, 5.41) is 3.68. The summed E-state index contributed by atoms with van der Waals surface area (Å²) in [6, 6.07) is 9.28. The molecule has 1 saturated heterocycles. The standard InChI is InChI=1S/C25H33N3O/c1-16-9-18(10-17(2)27-16)14-28-15-22-19(12-24(28)29)11-20(25(3,4)5)13-21(22)23-7-6-8-26-23/h9-11,13,23,26H,6-8,12,14-15H2,1-5H3/t23-/m0/s1. The van der Waals surface area contributed by atoms with E-state index in [0.29, 0.717) is 25.6 Å². The molecular formula is C25H33N3O. The Hall–Kier alpha value is -2.20. The van der Waals surface area contributed by atoms with Gasteiger partial charge >= 0.3 is 0 Å². The smallest absolute Gasteiger partial charge is 0.227 e. The zero-order chi connectivity index (χ0) is 20.8. The summed E-state index contributed by atoms with van der Waals surface area (Å²) in [5.74, 6) is 0.223. The van der Waals surface area contributed by atoms with Crippen LogP contribution in [0.15, 0.2) is 24.3 Å². The maximum absolute atomic E-state index is 13.0. The van der Waals surface area contributed by atoms with E-state index >= 15 is 0 Å². The van der Waals surface area contributed by atoms with Gasteiger partial charge in [0.25, 0.3) is 0 Å². The lowest BCUT2D eigenvalue weighted by molar-refractivity contribution is -0.132. The minimum atomic E-state index is 0.0780. The summed E-state index contributed by atoms with van der Waals surface area (Å²) in [7, 11) is 0. The fraction of sp³-hybridized carbons (Fsp3) is 0.520. The molecule has 1 atom stereocenters. The highest BCUT2D eigenvalue weighted by atomic mass is 16.2. The SMILES string of the molecule is Cc1cc(CN2Cc3c(cc(C(C)(C)C)cc3[C@@H]3CCCN3)CC2=O)cc(C)n1. The number of hydrogen-bond acceptors (Lipinski definition) is 3. The van der Waals surface area contributed by atoms with Gasteiger partial charge in [-0.1, -0.05) is 32.9 Å². The quantitative estimate of drug-likeness (QED) is 0.838. The van der Waals surface area contributed by atoms with Crippen molar-refractivity contribution in [3.8, 4) is 0 Å². The second-order valence-corrected chi connectivity index (χ2v) is 9.79. The molecule has 1 N–H and O–H groups in total. The van der Waals surface area contributed by atoms with Crippen molar-refractivity contribution in [1.82, 2.24) is 15.2 Å². The number of nitrogens with zero attached hydrogens (tertiary/aromatic N) is 2. The molecular weight excluding hydrogens is 358 g/mol. The van der Waals surface area contributed by atoms with E-state index in [9.17, 15) is 4.79 Å². The third-order valence-electron chi connectivity index (χ3n) is 6.24. The highest BCUT2D eigenvalue weighted by Crippen LogP contribution is 2.36.